The SMILES string of the molecule is CC(C)(C)OC(=O)NC(C(=O)N1CCCC1C(=O)N(Cc1ccc(CNC(=O)OCC2c3ccccc3-c3ccccc32)cc1)c1ccc(C(N)=O)cc1)C(C)(C)C. The Hall–Kier alpha value is -6.17. The number of nitrogens with two attached hydrogens (primary N) is 1. The maximum atomic E-state index is 14.6. The number of carbonyl (C=O) groups excluding carboxylic acids is 5. The van der Waals surface area contributed by atoms with Crippen LogP contribution < -0.4 is 21.3 Å². The summed E-state index contributed by atoms with van der Waals surface area (Å²) in [7, 11) is 0. The van der Waals surface area contributed by atoms with Crippen LogP contribution in [0.2, 0.25) is 0 Å². The van der Waals surface area contributed by atoms with E-state index in [1.54, 1.807) is 54.8 Å². The number of primary amides is 1. The zero-order valence-corrected chi connectivity index (χ0v) is 34.0. The van der Waals surface area contributed by atoms with E-state index in [1.165, 1.54) is 0 Å². The molecule has 1 aliphatic carbocycles. The molecule has 1 fully saturated rings. The Morgan fingerprint density at radius 2 is 1.38 bits per heavy atom. The number of benzene rings is 4. The van der Waals surface area contributed by atoms with Gasteiger partial charge in [0.25, 0.3) is 0 Å². The van der Waals surface area contributed by atoms with Gasteiger partial charge in [0.2, 0.25) is 17.7 Å². The van der Waals surface area contributed by atoms with Crippen LogP contribution in [0.3, 0.4) is 0 Å². The summed E-state index contributed by atoms with van der Waals surface area (Å²) >= 11 is 0. The molecule has 12 heteroatoms. The Balaban J connectivity index is 1.13. The Morgan fingerprint density at radius 3 is 1.95 bits per heavy atom. The first kappa shape index (κ1) is 41.5. The maximum absolute atomic E-state index is 14.6. The molecule has 5 amide bonds. The number of ether oxygens (including phenoxy) is 2. The molecule has 1 saturated heterocycles. The van der Waals surface area contributed by atoms with E-state index in [2.05, 4.69) is 34.9 Å². The Morgan fingerprint density at radius 1 is 0.793 bits per heavy atom. The van der Waals surface area contributed by atoms with Crippen molar-refractivity contribution >= 4 is 35.6 Å². The third-order valence-corrected chi connectivity index (χ3v) is 10.5. The van der Waals surface area contributed by atoms with Crippen molar-refractivity contribution in [3.8, 4) is 11.1 Å². The lowest BCUT2D eigenvalue weighted by Gasteiger charge is -2.37. The summed E-state index contributed by atoms with van der Waals surface area (Å²) in [5, 5.41) is 5.61. The summed E-state index contributed by atoms with van der Waals surface area (Å²) in [5.74, 6) is -1.31. The Kier molecular flexibility index (Phi) is 12.2. The van der Waals surface area contributed by atoms with Gasteiger partial charge >= 0.3 is 12.2 Å². The molecule has 0 saturated carbocycles. The van der Waals surface area contributed by atoms with Gasteiger partial charge in [-0.15, -0.1) is 0 Å². The van der Waals surface area contributed by atoms with Gasteiger partial charge in [-0.3, -0.25) is 14.4 Å². The topological polar surface area (TPSA) is 160 Å². The molecular weight excluding hydrogens is 735 g/mol. The van der Waals surface area contributed by atoms with Crippen molar-refractivity contribution in [2.75, 3.05) is 18.1 Å². The van der Waals surface area contributed by atoms with E-state index in [-0.39, 0.29) is 37.4 Å². The molecule has 0 spiro atoms. The molecule has 0 radical (unpaired) electrons. The summed E-state index contributed by atoms with van der Waals surface area (Å²) in [6.45, 7) is 11.7. The molecule has 2 atom stereocenters. The number of carbonyl (C=O) groups is 5. The van der Waals surface area contributed by atoms with Crippen molar-refractivity contribution in [2.45, 2.75) is 91.1 Å². The monoisotopic (exact) mass is 787 g/mol. The molecule has 304 valence electrons. The van der Waals surface area contributed by atoms with Crippen molar-refractivity contribution < 1.29 is 33.4 Å². The average Bonchev–Trinajstić information content (AvgIpc) is 3.80. The van der Waals surface area contributed by atoms with E-state index >= 15 is 0 Å². The first-order valence-electron chi connectivity index (χ1n) is 19.7. The van der Waals surface area contributed by atoms with E-state index in [9.17, 15) is 24.0 Å². The molecular formula is C46H53N5O7. The van der Waals surface area contributed by atoms with Crippen molar-refractivity contribution in [3.63, 3.8) is 0 Å². The quantitative estimate of drug-likeness (QED) is 0.144. The molecule has 1 heterocycles. The van der Waals surface area contributed by atoms with Crippen LogP contribution in [0.5, 0.6) is 0 Å². The number of rotatable bonds is 11. The minimum atomic E-state index is -0.950. The Bertz CT molecular complexity index is 2110. The van der Waals surface area contributed by atoms with Gasteiger partial charge in [-0.1, -0.05) is 93.6 Å². The fourth-order valence-corrected chi connectivity index (χ4v) is 7.58. The van der Waals surface area contributed by atoms with Crippen molar-refractivity contribution in [1.29, 1.82) is 0 Å². The molecule has 4 N–H and O–H groups in total. The van der Waals surface area contributed by atoms with Crippen LogP contribution >= 0.6 is 0 Å². The van der Waals surface area contributed by atoms with E-state index in [0.717, 1.165) is 33.4 Å². The highest BCUT2D eigenvalue weighted by molar-refractivity contribution is 6.01. The highest BCUT2D eigenvalue weighted by atomic mass is 16.6. The van der Waals surface area contributed by atoms with Crippen molar-refractivity contribution in [3.05, 3.63) is 125 Å². The van der Waals surface area contributed by atoms with E-state index in [1.807, 2.05) is 69.3 Å². The summed E-state index contributed by atoms with van der Waals surface area (Å²) < 4.78 is 11.2. The smallest absolute Gasteiger partial charge is 0.408 e. The third kappa shape index (κ3) is 9.67. The van der Waals surface area contributed by atoms with Crippen molar-refractivity contribution in [2.24, 2.45) is 11.1 Å². The molecule has 12 nitrogen and oxygen atoms in total. The summed E-state index contributed by atoms with van der Waals surface area (Å²) in [5.41, 5.74) is 11.1. The highest BCUT2D eigenvalue weighted by Gasteiger charge is 2.43. The third-order valence-electron chi connectivity index (χ3n) is 10.5. The molecule has 4 aromatic rings. The summed E-state index contributed by atoms with van der Waals surface area (Å²) in [4.78, 5) is 69.5. The van der Waals surface area contributed by atoms with Gasteiger partial charge in [0.15, 0.2) is 0 Å². The number of nitrogens with one attached hydrogen (secondary N) is 2. The predicted molar refractivity (Wildman–Crippen MR) is 222 cm³/mol. The second-order valence-corrected chi connectivity index (χ2v) is 17.0. The van der Waals surface area contributed by atoms with Crippen LogP contribution in [0.25, 0.3) is 11.1 Å². The number of anilines is 1. The Labute approximate surface area is 340 Å². The van der Waals surface area contributed by atoms with Gasteiger partial charge in [0.05, 0.1) is 6.54 Å². The number of nitrogens with zero attached hydrogens (tertiary/aromatic N) is 2. The summed E-state index contributed by atoms with van der Waals surface area (Å²) in [6, 6.07) is 28.6. The van der Waals surface area contributed by atoms with Crippen LogP contribution in [0, 0.1) is 5.41 Å². The molecule has 1 aliphatic heterocycles. The largest absolute Gasteiger partial charge is 0.449 e. The van der Waals surface area contributed by atoms with E-state index in [4.69, 9.17) is 15.2 Å². The molecule has 0 aromatic heterocycles. The lowest BCUT2D eigenvalue weighted by Crippen LogP contribution is -2.58. The zero-order valence-electron chi connectivity index (χ0n) is 34.0. The van der Waals surface area contributed by atoms with E-state index in [0.29, 0.717) is 30.6 Å². The first-order chi connectivity index (χ1) is 27.5. The number of likely N-dealkylation sites (tertiary alicyclic amines) is 1. The first-order valence-corrected chi connectivity index (χ1v) is 19.7. The lowest BCUT2D eigenvalue weighted by atomic mass is 9.85. The number of amides is 5. The van der Waals surface area contributed by atoms with Gasteiger partial charge in [-0.25, -0.2) is 9.59 Å². The molecule has 2 unspecified atom stereocenters. The fraction of sp³-hybridized carbons (Fsp3) is 0.370. The number of alkyl carbamates (subject to hydrolysis) is 2. The second-order valence-electron chi connectivity index (χ2n) is 17.0. The van der Waals surface area contributed by atoms with Gasteiger partial charge < -0.3 is 35.6 Å². The molecule has 58 heavy (non-hydrogen) atoms. The zero-order chi connectivity index (χ0) is 41.8. The van der Waals surface area contributed by atoms with Crippen LogP contribution in [0.1, 0.15) is 92.9 Å². The fourth-order valence-electron chi connectivity index (χ4n) is 7.58. The minimum Gasteiger partial charge on any atom is -0.449 e. The number of fused-ring (bicyclic) bond motifs is 3. The maximum Gasteiger partial charge on any atom is 0.408 e. The lowest BCUT2D eigenvalue weighted by molar-refractivity contribution is -0.141. The minimum absolute atomic E-state index is 0.0432. The second kappa shape index (κ2) is 17.1. The van der Waals surface area contributed by atoms with E-state index < -0.39 is 41.2 Å². The molecule has 2 aliphatic rings. The van der Waals surface area contributed by atoms with Crippen LogP contribution in [0.4, 0.5) is 15.3 Å². The van der Waals surface area contributed by atoms with Crippen LogP contribution in [-0.4, -0.2) is 65.6 Å². The molecule has 6 rings (SSSR count). The van der Waals surface area contributed by atoms with Gasteiger partial charge in [0.1, 0.15) is 24.3 Å². The standard InChI is InChI=1S/C46H53N5O7/c1-45(2,3)39(49-44(56)58-46(4,5)6)42(54)50-25-11-16-38(50)41(53)51(32-23-21-31(22-24-32)40(47)52)27-30-19-17-29(18-20-30)26-48-43(55)57-28-37-35-14-9-7-12-33(35)34-13-8-10-15-36(34)37/h7-10,12-15,17-24,37-39H,11,16,25-28H2,1-6H3,(H2,47,52)(H,48,55)(H,49,56). The van der Waals surface area contributed by atoms with Crippen molar-refractivity contribution in [1.82, 2.24) is 15.5 Å². The number of hydrogen-bond acceptors (Lipinski definition) is 7. The molecule has 0 bridgehead atoms. The van der Waals surface area contributed by atoms with Crippen LogP contribution in [0.15, 0.2) is 97.1 Å². The van der Waals surface area contributed by atoms with Gasteiger partial charge in [0, 0.05) is 30.3 Å². The van der Waals surface area contributed by atoms with Gasteiger partial charge in [-0.2, -0.15) is 0 Å². The van der Waals surface area contributed by atoms with Crippen LogP contribution in [-0.2, 0) is 32.2 Å². The summed E-state index contributed by atoms with van der Waals surface area (Å²) in [6.07, 6.45) is -0.195. The normalized spacial score (nSPS) is 15.5. The number of hydrogen-bond donors (Lipinski definition) is 3. The predicted octanol–water partition coefficient (Wildman–Crippen LogP) is 7.29. The molecule has 4 aromatic carbocycles. The van der Waals surface area contributed by atoms with Gasteiger partial charge in [-0.05, 0) is 96.7 Å². The highest BCUT2D eigenvalue weighted by Crippen LogP contribution is 2.44. The average molecular weight is 788 g/mol.